The van der Waals surface area contributed by atoms with Crippen LogP contribution in [0.25, 0.3) is 22.3 Å². The highest BCUT2D eigenvalue weighted by molar-refractivity contribution is 5.71. The molecule has 0 aromatic heterocycles. The second-order valence-electron chi connectivity index (χ2n) is 5.11. The molecule has 0 fully saturated rings. The first-order chi connectivity index (χ1) is 11.2. The van der Waals surface area contributed by atoms with E-state index in [2.05, 4.69) is 0 Å². The number of hydrogen-bond donors (Lipinski definition) is 0. The normalized spacial score (nSPS) is 10.3. The molecule has 4 heteroatoms. The van der Waals surface area contributed by atoms with Crippen LogP contribution in [0.15, 0.2) is 72.8 Å². The van der Waals surface area contributed by atoms with Crippen LogP contribution in [0.5, 0.6) is 5.75 Å². The van der Waals surface area contributed by atoms with Crippen LogP contribution < -0.4 is 4.74 Å². The first kappa shape index (κ1) is 14.8. The molecule has 23 heavy (non-hydrogen) atoms. The smallest absolute Gasteiger partial charge is 0.269 e. The fourth-order valence-corrected chi connectivity index (χ4v) is 2.41. The van der Waals surface area contributed by atoms with E-state index in [4.69, 9.17) is 4.74 Å². The highest BCUT2D eigenvalue weighted by Crippen LogP contribution is 2.27. The van der Waals surface area contributed by atoms with Gasteiger partial charge in [0.05, 0.1) is 12.0 Å². The number of nitro benzene ring substituents is 1. The average Bonchev–Trinajstić information content (AvgIpc) is 2.62. The lowest BCUT2D eigenvalue weighted by Crippen LogP contribution is -1.87. The van der Waals surface area contributed by atoms with Crippen molar-refractivity contribution < 1.29 is 9.66 Å². The minimum absolute atomic E-state index is 0.101. The summed E-state index contributed by atoms with van der Waals surface area (Å²) in [6.45, 7) is 0. The van der Waals surface area contributed by atoms with Crippen LogP contribution in [0.1, 0.15) is 0 Å². The summed E-state index contributed by atoms with van der Waals surface area (Å²) in [6.07, 6.45) is 0. The molecule has 0 radical (unpaired) electrons. The third-order valence-electron chi connectivity index (χ3n) is 3.72. The Morgan fingerprint density at radius 1 is 0.696 bits per heavy atom. The lowest BCUT2D eigenvalue weighted by atomic mass is 10.0. The molecule has 0 amide bonds. The van der Waals surface area contributed by atoms with Gasteiger partial charge < -0.3 is 4.74 Å². The van der Waals surface area contributed by atoms with Gasteiger partial charge in [-0.2, -0.15) is 0 Å². The van der Waals surface area contributed by atoms with Gasteiger partial charge in [0.2, 0.25) is 0 Å². The summed E-state index contributed by atoms with van der Waals surface area (Å²) < 4.78 is 5.16. The van der Waals surface area contributed by atoms with Crippen molar-refractivity contribution in [1.29, 1.82) is 0 Å². The predicted molar refractivity (Wildman–Crippen MR) is 90.5 cm³/mol. The van der Waals surface area contributed by atoms with Crippen LogP contribution in [-0.2, 0) is 0 Å². The van der Waals surface area contributed by atoms with Gasteiger partial charge in [0.25, 0.3) is 5.69 Å². The molecule has 0 aliphatic carbocycles. The number of benzene rings is 3. The van der Waals surface area contributed by atoms with Crippen LogP contribution in [0.4, 0.5) is 5.69 Å². The van der Waals surface area contributed by atoms with Crippen molar-refractivity contribution in [2.75, 3.05) is 7.11 Å². The molecular formula is C19H15NO3. The van der Waals surface area contributed by atoms with Crippen molar-refractivity contribution in [1.82, 2.24) is 0 Å². The number of ether oxygens (including phenoxy) is 1. The highest BCUT2D eigenvalue weighted by atomic mass is 16.6. The van der Waals surface area contributed by atoms with Gasteiger partial charge in [0.15, 0.2) is 0 Å². The summed E-state index contributed by atoms with van der Waals surface area (Å²) in [5.74, 6) is 0.830. The molecule has 0 N–H and O–H groups in total. The molecule has 3 aromatic carbocycles. The molecule has 0 heterocycles. The SMILES string of the molecule is COc1ccc(-c2ccc(-c3ccc([N+](=O)[O-])cc3)cc2)cc1. The maximum Gasteiger partial charge on any atom is 0.269 e. The molecule has 3 rings (SSSR count). The molecular weight excluding hydrogens is 290 g/mol. The molecule has 3 aromatic rings. The van der Waals surface area contributed by atoms with Crippen LogP contribution in [0.3, 0.4) is 0 Å². The van der Waals surface area contributed by atoms with Crippen LogP contribution in [-0.4, -0.2) is 12.0 Å². The number of rotatable bonds is 4. The summed E-state index contributed by atoms with van der Waals surface area (Å²) in [6, 6.07) is 22.6. The third-order valence-corrected chi connectivity index (χ3v) is 3.72. The van der Waals surface area contributed by atoms with Gasteiger partial charge >= 0.3 is 0 Å². The highest BCUT2D eigenvalue weighted by Gasteiger charge is 2.05. The Morgan fingerprint density at radius 2 is 1.04 bits per heavy atom. The Labute approximate surface area is 134 Å². The Kier molecular flexibility index (Phi) is 4.06. The molecule has 0 spiro atoms. The van der Waals surface area contributed by atoms with Crippen LogP contribution >= 0.6 is 0 Å². The fraction of sp³-hybridized carbons (Fsp3) is 0.0526. The summed E-state index contributed by atoms with van der Waals surface area (Å²) in [5.41, 5.74) is 4.30. The van der Waals surface area contributed by atoms with Crippen molar-refractivity contribution in [2.45, 2.75) is 0 Å². The Balaban J connectivity index is 1.84. The van der Waals surface area contributed by atoms with E-state index in [1.165, 1.54) is 12.1 Å². The summed E-state index contributed by atoms with van der Waals surface area (Å²) in [5, 5.41) is 10.7. The molecule has 0 atom stereocenters. The van der Waals surface area contributed by atoms with Gasteiger partial charge in [-0.15, -0.1) is 0 Å². The van der Waals surface area contributed by atoms with E-state index in [1.54, 1.807) is 19.2 Å². The van der Waals surface area contributed by atoms with E-state index >= 15 is 0 Å². The number of methoxy groups -OCH3 is 1. The van der Waals surface area contributed by atoms with E-state index in [-0.39, 0.29) is 5.69 Å². The minimum atomic E-state index is -0.392. The van der Waals surface area contributed by atoms with E-state index in [0.29, 0.717) is 0 Å². The molecule has 4 nitrogen and oxygen atoms in total. The second-order valence-corrected chi connectivity index (χ2v) is 5.11. The molecule has 0 aliphatic heterocycles. The molecule has 114 valence electrons. The lowest BCUT2D eigenvalue weighted by molar-refractivity contribution is -0.384. The summed E-state index contributed by atoms with van der Waals surface area (Å²) >= 11 is 0. The number of non-ortho nitro benzene ring substituents is 1. The zero-order valence-electron chi connectivity index (χ0n) is 12.6. The van der Waals surface area contributed by atoms with Crippen molar-refractivity contribution in [3.05, 3.63) is 82.9 Å². The second kappa shape index (κ2) is 6.32. The van der Waals surface area contributed by atoms with Gasteiger partial charge in [-0.25, -0.2) is 0 Å². The van der Waals surface area contributed by atoms with Gasteiger partial charge in [-0.1, -0.05) is 36.4 Å². The number of nitrogens with zero attached hydrogens (tertiary/aromatic N) is 1. The first-order valence-corrected chi connectivity index (χ1v) is 7.17. The van der Waals surface area contributed by atoms with Gasteiger partial charge in [-0.05, 0) is 46.5 Å². The average molecular weight is 305 g/mol. The van der Waals surface area contributed by atoms with Crippen molar-refractivity contribution in [3.8, 4) is 28.0 Å². The largest absolute Gasteiger partial charge is 0.497 e. The Morgan fingerprint density at radius 3 is 1.39 bits per heavy atom. The molecule has 0 saturated carbocycles. The molecule has 0 unspecified atom stereocenters. The minimum Gasteiger partial charge on any atom is -0.497 e. The van der Waals surface area contributed by atoms with Gasteiger partial charge in [0.1, 0.15) is 5.75 Å². The fourth-order valence-electron chi connectivity index (χ4n) is 2.41. The van der Waals surface area contributed by atoms with E-state index in [0.717, 1.165) is 28.0 Å². The van der Waals surface area contributed by atoms with Crippen molar-refractivity contribution >= 4 is 5.69 Å². The number of nitro groups is 1. The molecule has 0 saturated heterocycles. The topological polar surface area (TPSA) is 52.4 Å². The van der Waals surface area contributed by atoms with E-state index in [1.807, 2.05) is 48.5 Å². The molecule has 0 aliphatic rings. The molecule has 0 bridgehead atoms. The number of hydrogen-bond acceptors (Lipinski definition) is 3. The lowest BCUT2D eigenvalue weighted by Gasteiger charge is -2.06. The summed E-state index contributed by atoms with van der Waals surface area (Å²) in [7, 11) is 1.65. The first-order valence-electron chi connectivity index (χ1n) is 7.17. The Bertz CT molecular complexity index is 807. The van der Waals surface area contributed by atoms with Crippen LogP contribution in [0.2, 0.25) is 0 Å². The maximum absolute atomic E-state index is 10.7. The zero-order valence-corrected chi connectivity index (χ0v) is 12.6. The van der Waals surface area contributed by atoms with Crippen molar-refractivity contribution in [3.63, 3.8) is 0 Å². The van der Waals surface area contributed by atoms with Gasteiger partial charge in [0, 0.05) is 12.1 Å². The Hall–Kier alpha value is -3.14. The zero-order chi connectivity index (χ0) is 16.2. The monoisotopic (exact) mass is 305 g/mol. The summed E-state index contributed by atoms with van der Waals surface area (Å²) in [4.78, 5) is 10.3. The quantitative estimate of drug-likeness (QED) is 0.507. The standard InChI is InChI=1S/C19H15NO3/c1-23-19-12-8-17(9-13-19)15-4-2-14(3-5-15)16-6-10-18(11-7-16)20(21)22/h2-13H,1H3. The van der Waals surface area contributed by atoms with E-state index < -0.39 is 4.92 Å². The third kappa shape index (κ3) is 3.21. The van der Waals surface area contributed by atoms with Crippen LogP contribution in [0, 0.1) is 10.1 Å². The maximum atomic E-state index is 10.7. The van der Waals surface area contributed by atoms with Crippen molar-refractivity contribution in [2.24, 2.45) is 0 Å². The predicted octanol–water partition coefficient (Wildman–Crippen LogP) is 4.94. The van der Waals surface area contributed by atoms with E-state index in [9.17, 15) is 10.1 Å². The van der Waals surface area contributed by atoms with Gasteiger partial charge in [-0.3, -0.25) is 10.1 Å².